The van der Waals surface area contributed by atoms with Crippen molar-refractivity contribution in [2.75, 3.05) is 0 Å². The van der Waals surface area contributed by atoms with Crippen molar-refractivity contribution >= 4 is 12.0 Å². The number of carbonyl (C=O) groups is 1. The number of halogens is 3. The van der Waals surface area contributed by atoms with Crippen LogP contribution in [0.5, 0.6) is 0 Å². The van der Waals surface area contributed by atoms with Crippen LogP contribution in [0.4, 0.5) is 13.2 Å². The molecule has 1 heterocycles. The minimum absolute atomic E-state index is 0.0827. The topological polar surface area (TPSA) is 70.7 Å². The predicted molar refractivity (Wildman–Crippen MR) is 69.1 cm³/mol. The van der Waals surface area contributed by atoms with Crippen molar-refractivity contribution in [1.29, 1.82) is 0 Å². The lowest BCUT2D eigenvalue weighted by Crippen LogP contribution is -2.18. The summed E-state index contributed by atoms with van der Waals surface area (Å²) >= 11 is 0. The first kappa shape index (κ1) is 14.8. The molecule has 0 saturated heterocycles. The average Bonchev–Trinajstić information content (AvgIpc) is 2.83. The number of aryl methyl sites for hydroxylation is 1. The Hall–Kier alpha value is -2.64. The molecule has 8 heteroatoms. The van der Waals surface area contributed by atoms with Crippen LogP contribution in [-0.2, 0) is 6.18 Å². The van der Waals surface area contributed by atoms with Gasteiger partial charge in [-0.15, -0.1) is 0 Å². The van der Waals surface area contributed by atoms with Gasteiger partial charge < -0.3 is 5.32 Å². The number of hydrogen-bond donors (Lipinski definition) is 2. The highest BCUT2D eigenvalue weighted by Crippen LogP contribution is 2.29. The highest BCUT2D eigenvalue weighted by Gasteiger charge is 2.30. The van der Waals surface area contributed by atoms with E-state index in [-0.39, 0.29) is 5.56 Å². The third-order valence-corrected chi connectivity index (χ3v) is 2.51. The van der Waals surface area contributed by atoms with E-state index in [9.17, 15) is 18.0 Å². The molecular weight excluding hydrogens is 285 g/mol. The molecule has 1 aromatic carbocycles. The summed E-state index contributed by atoms with van der Waals surface area (Å²) in [6.45, 7) is 1.71. The Bertz CT molecular complexity index is 676. The van der Waals surface area contributed by atoms with Crippen LogP contribution in [0, 0.1) is 6.92 Å². The van der Waals surface area contributed by atoms with Crippen LogP contribution in [0.2, 0.25) is 0 Å². The van der Waals surface area contributed by atoms with Crippen LogP contribution in [0.1, 0.15) is 27.6 Å². The van der Waals surface area contributed by atoms with Gasteiger partial charge in [0, 0.05) is 17.8 Å². The number of alkyl halides is 3. The van der Waals surface area contributed by atoms with Crippen molar-refractivity contribution in [3.05, 3.63) is 53.2 Å². The van der Waals surface area contributed by atoms with Gasteiger partial charge in [0.15, 0.2) is 5.82 Å². The maximum Gasteiger partial charge on any atom is 0.416 e. The lowest BCUT2D eigenvalue weighted by Gasteiger charge is -2.07. The van der Waals surface area contributed by atoms with Crippen molar-refractivity contribution < 1.29 is 18.0 Å². The summed E-state index contributed by atoms with van der Waals surface area (Å²) in [6.07, 6.45) is -1.79. The third kappa shape index (κ3) is 3.91. The molecule has 1 amide bonds. The van der Waals surface area contributed by atoms with E-state index in [1.165, 1.54) is 24.4 Å². The number of nitrogens with zero attached hydrogens (tertiary/aromatic N) is 2. The zero-order chi connectivity index (χ0) is 15.5. The molecule has 2 N–H and O–H groups in total. The highest BCUT2D eigenvalue weighted by molar-refractivity contribution is 5.95. The zero-order valence-corrected chi connectivity index (χ0v) is 10.9. The van der Waals surface area contributed by atoms with Gasteiger partial charge in [0.05, 0.1) is 5.56 Å². The van der Waals surface area contributed by atoms with Crippen LogP contribution in [0.3, 0.4) is 0 Å². The monoisotopic (exact) mass is 296 g/mol. The molecule has 0 unspecified atom stereocenters. The van der Waals surface area contributed by atoms with E-state index < -0.39 is 17.6 Å². The molecule has 21 heavy (non-hydrogen) atoms. The minimum Gasteiger partial charge on any atom is -0.328 e. The summed E-state index contributed by atoms with van der Waals surface area (Å²) in [5, 5.41) is 8.78. The lowest BCUT2D eigenvalue weighted by atomic mass is 10.1. The fraction of sp³-hybridized carbons (Fsp3) is 0.154. The van der Waals surface area contributed by atoms with Gasteiger partial charge in [-0.25, -0.2) is 4.98 Å². The van der Waals surface area contributed by atoms with Gasteiger partial charge in [0.1, 0.15) is 5.82 Å². The molecule has 5 nitrogen and oxygen atoms in total. The largest absolute Gasteiger partial charge is 0.416 e. The van der Waals surface area contributed by atoms with Crippen LogP contribution in [-0.4, -0.2) is 21.1 Å². The van der Waals surface area contributed by atoms with E-state index in [0.29, 0.717) is 11.6 Å². The Labute approximate surface area is 117 Å². The lowest BCUT2D eigenvalue weighted by molar-refractivity contribution is -0.137. The van der Waals surface area contributed by atoms with Crippen molar-refractivity contribution in [2.24, 2.45) is 0 Å². The van der Waals surface area contributed by atoms with E-state index >= 15 is 0 Å². The average molecular weight is 296 g/mol. The maximum atomic E-state index is 12.5. The molecule has 0 aliphatic heterocycles. The van der Waals surface area contributed by atoms with E-state index in [1.807, 2.05) is 0 Å². The molecule has 0 spiro atoms. The number of amides is 1. The zero-order valence-electron chi connectivity index (χ0n) is 10.9. The van der Waals surface area contributed by atoms with Crippen LogP contribution >= 0.6 is 0 Å². The highest BCUT2D eigenvalue weighted by atomic mass is 19.4. The molecule has 0 aliphatic rings. The fourth-order valence-electron chi connectivity index (χ4n) is 1.55. The van der Waals surface area contributed by atoms with E-state index in [0.717, 1.165) is 12.1 Å². The molecule has 1 aromatic heterocycles. The van der Waals surface area contributed by atoms with Crippen LogP contribution in [0.25, 0.3) is 6.08 Å². The van der Waals surface area contributed by atoms with Crippen molar-refractivity contribution in [1.82, 2.24) is 20.5 Å². The molecule has 0 saturated carbocycles. The molecule has 110 valence electrons. The van der Waals surface area contributed by atoms with Gasteiger partial charge in [-0.3, -0.25) is 9.89 Å². The molecular formula is C13H11F3N4O. The smallest absolute Gasteiger partial charge is 0.328 e. The molecule has 0 atom stereocenters. The number of hydrogen-bond acceptors (Lipinski definition) is 3. The second kappa shape index (κ2) is 5.78. The standard InChI is InChI=1S/C13H11F3N4O/c1-8-18-11(20-19-8)5-6-17-12(21)9-3-2-4-10(7-9)13(14,15)16/h2-7H,1H3,(H,17,21)(H,18,19,20)/b6-5+. The Balaban J connectivity index is 2.05. The molecule has 0 bridgehead atoms. The van der Waals surface area contributed by atoms with E-state index in [1.54, 1.807) is 6.92 Å². The number of rotatable bonds is 3. The van der Waals surface area contributed by atoms with Crippen LogP contribution in [0.15, 0.2) is 30.5 Å². The summed E-state index contributed by atoms with van der Waals surface area (Å²) < 4.78 is 37.6. The Morgan fingerprint density at radius 1 is 1.38 bits per heavy atom. The predicted octanol–water partition coefficient (Wildman–Crippen LogP) is 2.53. The first-order valence-electron chi connectivity index (χ1n) is 5.90. The first-order valence-corrected chi connectivity index (χ1v) is 5.90. The number of benzene rings is 1. The summed E-state index contributed by atoms with van der Waals surface area (Å²) in [7, 11) is 0. The molecule has 0 radical (unpaired) electrons. The second-order valence-corrected chi connectivity index (χ2v) is 4.16. The van der Waals surface area contributed by atoms with Crippen LogP contribution < -0.4 is 5.32 Å². The fourth-order valence-corrected chi connectivity index (χ4v) is 1.55. The molecule has 0 aliphatic carbocycles. The van der Waals surface area contributed by atoms with Gasteiger partial charge in [0.2, 0.25) is 0 Å². The van der Waals surface area contributed by atoms with Crippen molar-refractivity contribution in [3.63, 3.8) is 0 Å². The molecule has 2 aromatic rings. The molecule has 2 rings (SSSR count). The van der Waals surface area contributed by atoms with Gasteiger partial charge in [-0.1, -0.05) is 6.07 Å². The summed E-state index contributed by atoms with van der Waals surface area (Å²) in [4.78, 5) is 15.7. The van der Waals surface area contributed by atoms with Gasteiger partial charge in [-0.05, 0) is 25.1 Å². The summed E-state index contributed by atoms with van der Waals surface area (Å²) in [5.74, 6) is 0.320. The summed E-state index contributed by atoms with van der Waals surface area (Å²) in [5.41, 5.74) is -0.954. The third-order valence-electron chi connectivity index (χ3n) is 2.51. The Morgan fingerprint density at radius 3 is 2.76 bits per heavy atom. The van der Waals surface area contributed by atoms with E-state index in [4.69, 9.17) is 0 Å². The maximum absolute atomic E-state index is 12.5. The number of aromatic nitrogens is 3. The number of nitrogens with one attached hydrogen (secondary N) is 2. The van der Waals surface area contributed by atoms with Crippen molar-refractivity contribution in [3.8, 4) is 0 Å². The molecule has 0 fully saturated rings. The minimum atomic E-state index is -4.48. The Kier molecular flexibility index (Phi) is 4.06. The van der Waals surface area contributed by atoms with Gasteiger partial charge in [0.25, 0.3) is 5.91 Å². The Morgan fingerprint density at radius 2 is 2.14 bits per heavy atom. The van der Waals surface area contributed by atoms with E-state index in [2.05, 4.69) is 20.5 Å². The van der Waals surface area contributed by atoms with Crippen molar-refractivity contribution in [2.45, 2.75) is 13.1 Å². The summed E-state index contributed by atoms with van der Waals surface area (Å²) in [6, 6.07) is 4.18. The number of H-pyrrole nitrogens is 1. The number of carbonyl (C=O) groups excluding carboxylic acids is 1. The SMILES string of the molecule is Cc1nc(/C=C/NC(=O)c2cccc(C(F)(F)F)c2)n[nH]1. The quantitative estimate of drug-likeness (QED) is 0.914. The van der Waals surface area contributed by atoms with Gasteiger partial charge >= 0.3 is 6.18 Å². The normalized spacial score (nSPS) is 11.8. The number of aromatic amines is 1. The first-order chi connectivity index (χ1) is 9.86. The van der Waals surface area contributed by atoms with Gasteiger partial charge in [-0.2, -0.15) is 18.3 Å². The second-order valence-electron chi connectivity index (χ2n) is 4.16.